The quantitative estimate of drug-likeness (QED) is 0.672. The van der Waals surface area contributed by atoms with Crippen LogP contribution in [-0.2, 0) is 6.42 Å². The van der Waals surface area contributed by atoms with E-state index in [1.807, 2.05) is 24.3 Å². The summed E-state index contributed by atoms with van der Waals surface area (Å²) in [5.41, 5.74) is 3.04. The average Bonchev–Trinajstić information content (AvgIpc) is 3.18. The third-order valence-electron chi connectivity index (χ3n) is 4.36. The zero-order valence-electron chi connectivity index (χ0n) is 15.5. The minimum absolute atomic E-state index is 0.153. The first-order valence-electron chi connectivity index (χ1n) is 8.89. The van der Waals surface area contributed by atoms with Crippen molar-refractivity contribution in [1.29, 1.82) is 0 Å². The Morgan fingerprint density at radius 3 is 2.67 bits per heavy atom. The Morgan fingerprint density at radius 2 is 1.93 bits per heavy atom. The summed E-state index contributed by atoms with van der Waals surface area (Å²) in [7, 11) is 1.73. The smallest absolute Gasteiger partial charge is 0.271 e. The van der Waals surface area contributed by atoms with Crippen LogP contribution in [0.2, 0.25) is 0 Å². The number of aryl methyl sites for hydroxylation is 1. The number of aromatic amines is 1. The fourth-order valence-electron chi connectivity index (χ4n) is 2.75. The van der Waals surface area contributed by atoms with Crippen molar-refractivity contribution in [1.82, 2.24) is 15.1 Å². The molecule has 3 rings (SSSR count). The van der Waals surface area contributed by atoms with Gasteiger partial charge in [-0.1, -0.05) is 25.1 Å². The fraction of sp³-hybridized carbons (Fsp3) is 0.238. The van der Waals surface area contributed by atoms with E-state index in [1.165, 1.54) is 0 Å². The van der Waals surface area contributed by atoms with Crippen molar-refractivity contribution in [3.05, 3.63) is 65.9 Å². The molecule has 0 aliphatic heterocycles. The predicted octanol–water partition coefficient (Wildman–Crippen LogP) is 3.50. The standard InChI is InChI=1S/C21H23N3O3/c1-3-15-6-4-5-7-20(15)27-13-12-24(2)21(26)19-14-18(22-23-19)16-8-10-17(25)11-9-16/h4-11,14,25H,3,12-13H2,1-2H3,(H,22,23). The van der Waals surface area contributed by atoms with E-state index in [1.54, 1.807) is 42.3 Å². The van der Waals surface area contributed by atoms with Crippen LogP contribution in [0.3, 0.4) is 0 Å². The first-order chi connectivity index (χ1) is 13.1. The van der Waals surface area contributed by atoms with Crippen molar-refractivity contribution >= 4 is 5.91 Å². The Bertz CT molecular complexity index is 903. The molecule has 0 aliphatic carbocycles. The summed E-state index contributed by atoms with van der Waals surface area (Å²) in [5, 5.41) is 16.3. The highest BCUT2D eigenvalue weighted by molar-refractivity contribution is 5.93. The van der Waals surface area contributed by atoms with Crippen LogP contribution in [0, 0.1) is 0 Å². The molecule has 0 radical (unpaired) electrons. The van der Waals surface area contributed by atoms with Gasteiger partial charge < -0.3 is 14.7 Å². The number of carbonyl (C=O) groups is 1. The van der Waals surface area contributed by atoms with E-state index in [-0.39, 0.29) is 11.7 Å². The highest BCUT2D eigenvalue weighted by Crippen LogP contribution is 2.21. The summed E-state index contributed by atoms with van der Waals surface area (Å²) in [4.78, 5) is 14.2. The predicted molar refractivity (Wildman–Crippen MR) is 104 cm³/mol. The zero-order valence-corrected chi connectivity index (χ0v) is 15.5. The number of H-pyrrole nitrogens is 1. The molecule has 2 aromatic carbocycles. The van der Waals surface area contributed by atoms with Crippen molar-refractivity contribution in [3.8, 4) is 22.8 Å². The average molecular weight is 365 g/mol. The van der Waals surface area contributed by atoms with Crippen molar-refractivity contribution in [2.75, 3.05) is 20.2 Å². The van der Waals surface area contributed by atoms with Gasteiger partial charge in [-0.3, -0.25) is 9.89 Å². The summed E-state index contributed by atoms with van der Waals surface area (Å²) >= 11 is 0. The molecule has 140 valence electrons. The van der Waals surface area contributed by atoms with Gasteiger partial charge in [0.15, 0.2) is 0 Å². The van der Waals surface area contributed by atoms with Crippen molar-refractivity contribution < 1.29 is 14.6 Å². The maximum Gasteiger partial charge on any atom is 0.271 e. The molecule has 0 spiro atoms. The number of aromatic nitrogens is 2. The van der Waals surface area contributed by atoms with Crippen LogP contribution in [-0.4, -0.2) is 46.3 Å². The molecule has 1 amide bonds. The second-order valence-corrected chi connectivity index (χ2v) is 6.25. The third kappa shape index (κ3) is 4.47. The lowest BCUT2D eigenvalue weighted by Gasteiger charge is -2.17. The molecule has 27 heavy (non-hydrogen) atoms. The largest absolute Gasteiger partial charge is 0.508 e. The molecule has 0 saturated carbocycles. The van der Waals surface area contributed by atoms with Gasteiger partial charge in [0.25, 0.3) is 5.91 Å². The Labute approximate surface area is 158 Å². The molecule has 0 saturated heterocycles. The lowest BCUT2D eigenvalue weighted by atomic mass is 10.1. The van der Waals surface area contributed by atoms with Gasteiger partial charge >= 0.3 is 0 Å². The van der Waals surface area contributed by atoms with Crippen molar-refractivity contribution in [2.24, 2.45) is 0 Å². The van der Waals surface area contributed by atoms with E-state index in [0.717, 1.165) is 23.3 Å². The van der Waals surface area contributed by atoms with Crippen LogP contribution in [0.15, 0.2) is 54.6 Å². The van der Waals surface area contributed by atoms with Gasteiger partial charge in [-0.05, 0) is 48.4 Å². The summed E-state index contributed by atoms with van der Waals surface area (Å²) in [6, 6.07) is 16.3. The van der Waals surface area contributed by atoms with Crippen LogP contribution >= 0.6 is 0 Å². The van der Waals surface area contributed by atoms with Crippen LogP contribution in [0.5, 0.6) is 11.5 Å². The number of amides is 1. The number of hydrogen-bond donors (Lipinski definition) is 2. The lowest BCUT2D eigenvalue weighted by Crippen LogP contribution is -2.31. The zero-order chi connectivity index (χ0) is 19.2. The minimum atomic E-state index is -0.153. The van der Waals surface area contributed by atoms with Crippen molar-refractivity contribution in [3.63, 3.8) is 0 Å². The Morgan fingerprint density at radius 1 is 1.19 bits per heavy atom. The van der Waals surface area contributed by atoms with Gasteiger partial charge in [0.05, 0.1) is 12.2 Å². The molecular weight excluding hydrogens is 342 g/mol. The van der Waals surface area contributed by atoms with Crippen LogP contribution in [0.25, 0.3) is 11.3 Å². The molecule has 0 bridgehead atoms. The summed E-state index contributed by atoms with van der Waals surface area (Å²) in [6.07, 6.45) is 0.902. The second-order valence-electron chi connectivity index (χ2n) is 6.25. The van der Waals surface area contributed by atoms with Gasteiger partial charge in [0, 0.05) is 12.6 Å². The maximum absolute atomic E-state index is 12.6. The monoisotopic (exact) mass is 365 g/mol. The van der Waals surface area contributed by atoms with Gasteiger partial charge in [-0.25, -0.2) is 0 Å². The Balaban J connectivity index is 1.58. The van der Waals surface area contributed by atoms with Gasteiger partial charge in [-0.2, -0.15) is 5.10 Å². The van der Waals surface area contributed by atoms with Crippen LogP contribution in [0.4, 0.5) is 0 Å². The number of likely N-dealkylation sites (N-methyl/N-ethyl adjacent to an activating group) is 1. The molecular formula is C21H23N3O3. The highest BCUT2D eigenvalue weighted by Gasteiger charge is 2.15. The first kappa shape index (κ1) is 18.5. The fourth-order valence-corrected chi connectivity index (χ4v) is 2.75. The molecule has 0 fully saturated rings. The third-order valence-corrected chi connectivity index (χ3v) is 4.36. The van der Waals surface area contributed by atoms with E-state index in [0.29, 0.717) is 24.5 Å². The molecule has 6 nitrogen and oxygen atoms in total. The topological polar surface area (TPSA) is 78.4 Å². The molecule has 6 heteroatoms. The number of nitrogens with zero attached hydrogens (tertiary/aromatic N) is 2. The Hall–Kier alpha value is -3.28. The second kappa shape index (κ2) is 8.40. The lowest BCUT2D eigenvalue weighted by molar-refractivity contribution is 0.0768. The minimum Gasteiger partial charge on any atom is -0.508 e. The molecule has 0 atom stereocenters. The summed E-state index contributed by atoms with van der Waals surface area (Å²) in [5.74, 6) is 0.895. The summed E-state index contributed by atoms with van der Waals surface area (Å²) < 4.78 is 5.83. The van der Waals surface area contributed by atoms with E-state index in [9.17, 15) is 9.90 Å². The normalized spacial score (nSPS) is 10.6. The number of para-hydroxylation sites is 1. The number of hydrogen-bond acceptors (Lipinski definition) is 4. The molecule has 0 unspecified atom stereocenters. The SMILES string of the molecule is CCc1ccccc1OCCN(C)C(=O)c1cc(-c2ccc(O)cc2)n[nH]1. The number of aromatic hydroxyl groups is 1. The number of carbonyl (C=O) groups excluding carboxylic acids is 1. The number of benzene rings is 2. The number of rotatable bonds is 7. The summed E-state index contributed by atoms with van der Waals surface area (Å²) in [6.45, 7) is 2.96. The van der Waals surface area contributed by atoms with Gasteiger partial charge in [0.1, 0.15) is 23.8 Å². The number of phenols is 1. The van der Waals surface area contributed by atoms with Gasteiger partial charge in [0.2, 0.25) is 0 Å². The van der Waals surface area contributed by atoms with E-state index in [2.05, 4.69) is 17.1 Å². The maximum atomic E-state index is 12.6. The van der Waals surface area contributed by atoms with Gasteiger partial charge in [-0.15, -0.1) is 0 Å². The molecule has 1 aromatic heterocycles. The van der Waals surface area contributed by atoms with E-state index in [4.69, 9.17) is 4.74 Å². The number of phenolic OH excluding ortho intramolecular Hbond substituents is 1. The van der Waals surface area contributed by atoms with E-state index >= 15 is 0 Å². The molecule has 1 heterocycles. The van der Waals surface area contributed by atoms with E-state index < -0.39 is 0 Å². The first-order valence-corrected chi connectivity index (χ1v) is 8.89. The highest BCUT2D eigenvalue weighted by atomic mass is 16.5. The Kier molecular flexibility index (Phi) is 5.76. The molecule has 0 aliphatic rings. The molecule has 3 aromatic rings. The van der Waals surface area contributed by atoms with Crippen molar-refractivity contribution in [2.45, 2.75) is 13.3 Å². The number of ether oxygens (including phenoxy) is 1. The molecule has 2 N–H and O–H groups in total. The number of nitrogens with one attached hydrogen (secondary N) is 1. The van der Waals surface area contributed by atoms with Crippen LogP contribution < -0.4 is 4.74 Å². The van der Waals surface area contributed by atoms with Crippen LogP contribution in [0.1, 0.15) is 23.0 Å².